The van der Waals surface area contributed by atoms with E-state index < -0.39 is 29.8 Å². The van der Waals surface area contributed by atoms with Crippen LogP contribution in [0, 0.1) is 0 Å². The van der Waals surface area contributed by atoms with E-state index in [0.717, 1.165) is 43.4 Å². The summed E-state index contributed by atoms with van der Waals surface area (Å²) in [5.74, 6) is -0.349. The number of hydrogen-bond acceptors (Lipinski definition) is 9. The van der Waals surface area contributed by atoms with Crippen LogP contribution in [-0.4, -0.2) is 75.0 Å². The Labute approximate surface area is 249 Å². The van der Waals surface area contributed by atoms with Gasteiger partial charge in [0.25, 0.3) is 5.97 Å². The number of nitrogens with zero attached hydrogens (tertiary/aromatic N) is 5. The molecule has 1 aromatic carbocycles. The summed E-state index contributed by atoms with van der Waals surface area (Å²) in [6, 6.07) is 14.2. The second-order valence-corrected chi connectivity index (χ2v) is 9.96. The molecule has 230 valence electrons. The zero-order valence-corrected chi connectivity index (χ0v) is 24.4. The second-order valence-electron chi connectivity index (χ2n) is 9.96. The summed E-state index contributed by atoms with van der Waals surface area (Å²) in [4.78, 5) is 59.1. The molecule has 1 fully saturated rings. The number of aromatic nitrogens is 3. The Morgan fingerprint density at radius 2 is 1.65 bits per heavy atom. The molecule has 1 saturated heterocycles. The van der Waals surface area contributed by atoms with Gasteiger partial charge in [-0.15, -0.1) is 0 Å². The second kappa shape index (κ2) is 16.5. The maximum Gasteiger partial charge on any atom is 0.407 e. The molecule has 0 saturated carbocycles. The molecule has 0 spiro atoms. The van der Waals surface area contributed by atoms with Gasteiger partial charge in [-0.05, 0) is 24.1 Å². The Morgan fingerprint density at radius 1 is 1.00 bits per heavy atom. The lowest BCUT2D eigenvalue weighted by molar-refractivity contribution is -0.137. The fraction of sp³-hybridized carbons (Fsp3) is 0.400. The van der Waals surface area contributed by atoms with Gasteiger partial charge in [-0.2, -0.15) is 4.98 Å². The third-order valence-corrected chi connectivity index (χ3v) is 6.49. The first-order chi connectivity index (χ1) is 20.7. The molecule has 13 nitrogen and oxygen atoms in total. The molecule has 0 bridgehead atoms. The van der Waals surface area contributed by atoms with E-state index in [9.17, 15) is 19.5 Å². The van der Waals surface area contributed by atoms with E-state index in [-0.39, 0.29) is 19.6 Å². The van der Waals surface area contributed by atoms with Gasteiger partial charge in [0, 0.05) is 57.6 Å². The number of nitrogens with one attached hydrogen (secondary N) is 1. The molecular weight excluding hydrogens is 556 g/mol. The number of pyridine rings is 1. The summed E-state index contributed by atoms with van der Waals surface area (Å²) in [5.41, 5.74) is 1.22. The number of anilines is 2. The number of aliphatic carboxylic acids is 2. The molecule has 43 heavy (non-hydrogen) atoms. The minimum absolute atomic E-state index is 0.0387. The number of alkyl carbamates (subject to hydrolysis) is 1. The first-order valence-electron chi connectivity index (χ1n) is 14.1. The summed E-state index contributed by atoms with van der Waals surface area (Å²) < 4.78 is 6.63. The van der Waals surface area contributed by atoms with Crippen LogP contribution in [0.3, 0.4) is 0 Å². The molecule has 3 N–H and O–H groups in total. The van der Waals surface area contributed by atoms with Crippen LogP contribution in [0.4, 0.5) is 16.4 Å². The Balaban J connectivity index is 0.00000119. The number of ether oxygens (including phenoxy) is 1. The Hall–Kier alpha value is -4.94. The van der Waals surface area contributed by atoms with Crippen molar-refractivity contribution in [2.75, 3.05) is 36.0 Å². The molecule has 2 aromatic heterocycles. The lowest BCUT2D eigenvalue weighted by Crippen LogP contribution is -2.48. The van der Waals surface area contributed by atoms with Crippen molar-refractivity contribution in [2.45, 2.75) is 52.3 Å². The van der Waals surface area contributed by atoms with E-state index in [0.29, 0.717) is 25.3 Å². The minimum atomic E-state index is -1.10. The van der Waals surface area contributed by atoms with Gasteiger partial charge in [0.15, 0.2) is 0 Å². The number of benzene rings is 1. The number of carbonyl (C=O) groups is 3. The Kier molecular flexibility index (Phi) is 12.5. The molecule has 0 radical (unpaired) electrons. The largest absolute Gasteiger partial charge is 0.481 e. The smallest absolute Gasteiger partial charge is 0.407 e. The highest BCUT2D eigenvalue weighted by Crippen LogP contribution is 2.21. The molecule has 1 atom stereocenters. The van der Waals surface area contributed by atoms with Crippen molar-refractivity contribution >= 4 is 29.7 Å². The maximum atomic E-state index is 13.1. The maximum absolute atomic E-state index is 13.1. The van der Waals surface area contributed by atoms with Crippen LogP contribution in [0.2, 0.25) is 0 Å². The first kappa shape index (κ1) is 32.6. The molecule has 1 amide bonds. The highest BCUT2D eigenvalue weighted by atomic mass is 16.5. The van der Waals surface area contributed by atoms with Crippen LogP contribution in [0.5, 0.6) is 0 Å². The highest BCUT2D eigenvalue weighted by Gasteiger charge is 2.24. The van der Waals surface area contributed by atoms with Crippen LogP contribution < -0.4 is 20.8 Å². The summed E-state index contributed by atoms with van der Waals surface area (Å²) in [6.45, 7) is 6.04. The average Bonchev–Trinajstić information content (AvgIpc) is 2.98. The van der Waals surface area contributed by atoms with Crippen molar-refractivity contribution in [1.82, 2.24) is 19.9 Å². The van der Waals surface area contributed by atoms with Crippen molar-refractivity contribution in [3.8, 4) is 0 Å². The van der Waals surface area contributed by atoms with Crippen molar-refractivity contribution in [3.05, 3.63) is 82.5 Å². The van der Waals surface area contributed by atoms with Crippen LogP contribution in [0.25, 0.3) is 0 Å². The zero-order valence-electron chi connectivity index (χ0n) is 24.4. The number of aryl methyl sites for hydroxylation is 1. The van der Waals surface area contributed by atoms with Crippen LogP contribution >= 0.6 is 0 Å². The van der Waals surface area contributed by atoms with E-state index >= 15 is 0 Å². The van der Waals surface area contributed by atoms with Gasteiger partial charge in [-0.1, -0.05) is 49.7 Å². The molecule has 0 aliphatic carbocycles. The van der Waals surface area contributed by atoms with Crippen molar-refractivity contribution in [3.63, 3.8) is 0 Å². The van der Waals surface area contributed by atoms with E-state index in [4.69, 9.17) is 14.6 Å². The normalized spacial score (nSPS) is 13.3. The predicted molar refractivity (Wildman–Crippen MR) is 160 cm³/mol. The van der Waals surface area contributed by atoms with E-state index in [2.05, 4.69) is 32.0 Å². The van der Waals surface area contributed by atoms with E-state index in [1.54, 1.807) is 12.4 Å². The Morgan fingerprint density at radius 3 is 2.26 bits per heavy atom. The molecule has 1 aliphatic heterocycles. The molecule has 1 unspecified atom stereocenters. The summed E-state index contributed by atoms with van der Waals surface area (Å²) >= 11 is 0. The van der Waals surface area contributed by atoms with Crippen LogP contribution in [0.15, 0.2) is 65.7 Å². The van der Waals surface area contributed by atoms with E-state index in [1.807, 2.05) is 48.5 Å². The number of carboxylic acids is 2. The van der Waals surface area contributed by atoms with Gasteiger partial charge in [0.2, 0.25) is 0 Å². The van der Waals surface area contributed by atoms with Crippen LogP contribution in [-0.2, 0) is 33.9 Å². The number of carboxylic acid groups (broad SMARTS) is 2. The summed E-state index contributed by atoms with van der Waals surface area (Å²) in [5, 5.41) is 19.4. The first-order valence-corrected chi connectivity index (χ1v) is 14.1. The standard InChI is InChI=1S/C28H34N6O5.C2H4O2/c1-2-8-22-18-34(19-23(17-25(35)36)30-28(38)39-20-21-9-4-3-5-10-21)27(37)31-26(22)33-15-13-32(14-16-33)24-11-6-7-12-29-24;1-2(3)4/h3-7,9-12,18,23H,2,8,13-17,19-20H2,1H3,(H,30,38)(H,35,36);1H3,(H,3,4). The quantitative estimate of drug-likeness (QED) is 0.299. The molecule has 3 aromatic rings. The summed E-state index contributed by atoms with van der Waals surface area (Å²) in [7, 11) is 0. The van der Waals surface area contributed by atoms with Crippen molar-refractivity contribution < 1.29 is 29.3 Å². The van der Waals surface area contributed by atoms with Gasteiger partial charge in [0.1, 0.15) is 18.2 Å². The van der Waals surface area contributed by atoms with Gasteiger partial charge in [0.05, 0.1) is 12.5 Å². The fourth-order valence-corrected chi connectivity index (χ4v) is 4.61. The number of amides is 1. The number of hydrogen-bond donors (Lipinski definition) is 3. The van der Waals surface area contributed by atoms with E-state index in [1.165, 1.54) is 4.57 Å². The number of carbonyl (C=O) groups excluding carboxylic acids is 1. The minimum Gasteiger partial charge on any atom is -0.481 e. The monoisotopic (exact) mass is 594 g/mol. The number of piperazine rings is 1. The zero-order chi connectivity index (χ0) is 31.2. The highest BCUT2D eigenvalue weighted by molar-refractivity contribution is 5.71. The van der Waals surface area contributed by atoms with Gasteiger partial charge >= 0.3 is 17.8 Å². The molecule has 13 heteroatoms. The van der Waals surface area contributed by atoms with Gasteiger partial charge in [-0.25, -0.2) is 14.6 Å². The lowest BCUT2D eigenvalue weighted by atomic mass is 10.1. The molecular formula is C30H38N6O7. The summed E-state index contributed by atoms with van der Waals surface area (Å²) in [6.07, 6.45) is 3.96. The SMILES string of the molecule is CC(=O)O.CCCc1cn(CC(CC(=O)O)NC(=O)OCc2ccccc2)c(=O)nc1N1CCN(c2ccccn2)CC1. The topological polar surface area (TPSA) is 167 Å². The van der Waals surface area contributed by atoms with Crippen molar-refractivity contribution in [2.24, 2.45) is 0 Å². The number of rotatable bonds is 11. The molecule has 1 aliphatic rings. The van der Waals surface area contributed by atoms with Crippen LogP contribution in [0.1, 0.15) is 37.8 Å². The third-order valence-electron chi connectivity index (χ3n) is 6.49. The molecule has 3 heterocycles. The van der Waals surface area contributed by atoms with Gasteiger partial charge < -0.3 is 30.1 Å². The predicted octanol–water partition coefficient (Wildman–Crippen LogP) is 2.78. The Bertz CT molecular complexity index is 1390. The third kappa shape index (κ3) is 10.8. The van der Waals surface area contributed by atoms with Crippen molar-refractivity contribution in [1.29, 1.82) is 0 Å². The molecule has 4 rings (SSSR count). The fourth-order valence-electron chi connectivity index (χ4n) is 4.61. The average molecular weight is 595 g/mol. The van der Waals surface area contributed by atoms with Gasteiger partial charge in [-0.3, -0.25) is 14.2 Å². The lowest BCUT2D eigenvalue weighted by Gasteiger charge is -2.36.